The van der Waals surface area contributed by atoms with Crippen LogP contribution < -0.4 is 10.6 Å². The van der Waals surface area contributed by atoms with Crippen LogP contribution in [0, 0.1) is 11.3 Å². The van der Waals surface area contributed by atoms with E-state index in [0.29, 0.717) is 12.1 Å². The largest absolute Gasteiger partial charge is 0.376 e. The summed E-state index contributed by atoms with van der Waals surface area (Å²) in [6.45, 7) is 0.801. The Morgan fingerprint density at radius 1 is 0.857 bits per heavy atom. The monoisotopic (exact) mass is 369 g/mol. The molecule has 0 unspecified atom stereocenters. The minimum atomic E-state index is -0.0516. The predicted molar refractivity (Wildman–Crippen MR) is 112 cm³/mol. The summed E-state index contributed by atoms with van der Waals surface area (Å²) in [6, 6.07) is 29.9. The van der Waals surface area contributed by atoms with Gasteiger partial charge in [-0.3, -0.25) is 4.79 Å². The molecule has 0 fully saturated rings. The van der Waals surface area contributed by atoms with Crippen LogP contribution in [0.15, 0.2) is 84.9 Å². The molecule has 1 amide bonds. The molecule has 0 atom stereocenters. The highest BCUT2D eigenvalue weighted by Crippen LogP contribution is 2.27. The van der Waals surface area contributed by atoms with Crippen molar-refractivity contribution in [2.75, 3.05) is 18.4 Å². The van der Waals surface area contributed by atoms with Crippen LogP contribution >= 0.6 is 0 Å². The molecule has 0 aliphatic rings. The van der Waals surface area contributed by atoms with Gasteiger partial charge >= 0.3 is 0 Å². The van der Waals surface area contributed by atoms with Gasteiger partial charge in [-0.1, -0.05) is 60.7 Å². The van der Waals surface area contributed by atoms with E-state index in [1.807, 2.05) is 36.4 Å². The third kappa shape index (κ3) is 5.46. The summed E-state index contributed by atoms with van der Waals surface area (Å²) in [4.78, 5) is 12.2. The van der Waals surface area contributed by atoms with Crippen LogP contribution in [0.4, 0.5) is 5.69 Å². The molecule has 4 nitrogen and oxygen atoms in total. The fraction of sp³-hybridized carbons (Fsp3) is 0.167. The standard InChI is InChI=1S/C24H23N3O/c25-17-19-11-13-22(14-12-19)27-18-24(28)26-16-15-23(20-7-3-1-4-8-20)21-9-5-2-6-10-21/h1-14,23,27H,15-16,18H2,(H,26,28). The first-order valence-corrected chi connectivity index (χ1v) is 9.37. The highest BCUT2D eigenvalue weighted by molar-refractivity contribution is 5.80. The van der Waals surface area contributed by atoms with Gasteiger partial charge in [0.2, 0.25) is 5.91 Å². The van der Waals surface area contributed by atoms with Crippen LogP contribution in [0.5, 0.6) is 0 Å². The van der Waals surface area contributed by atoms with Gasteiger partial charge in [-0.05, 0) is 41.8 Å². The first kappa shape index (κ1) is 19.2. The minimum absolute atomic E-state index is 0.0516. The van der Waals surface area contributed by atoms with Gasteiger partial charge in [-0.15, -0.1) is 0 Å². The number of amides is 1. The molecule has 28 heavy (non-hydrogen) atoms. The van der Waals surface area contributed by atoms with E-state index in [1.54, 1.807) is 24.3 Å². The quantitative estimate of drug-likeness (QED) is 0.622. The summed E-state index contributed by atoms with van der Waals surface area (Å²) >= 11 is 0. The molecule has 0 aromatic heterocycles. The van der Waals surface area contributed by atoms with E-state index < -0.39 is 0 Å². The number of anilines is 1. The molecule has 0 bridgehead atoms. The van der Waals surface area contributed by atoms with Crippen LogP contribution in [0.3, 0.4) is 0 Å². The third-order valence-corrected chi connectivity index (χ3v) is 4.63. The van der Waals surface area contributed by atoms with Gasteiger partial charge in [0.05, 0.1) is 18.2 Å². The predicted octanol–water partition coefficient (Wildman–Crippen LogP) is 4.31. The first-order valence-electron chi connectivity index (χ1n) is 9.37. The highest BCUT2D eigenvalue weighted by Gasteiger charge is 2.14. The Labute approximate surface area is 165 Å². The minimum Gasteiger partial charge on any atom is -0.376 e. The molecule has 3 aromatic carbocycles. The fourth-order valence-electron chi connectivity index (χ4n) is 3.16. The summed E-state index contributed by atoms with van der Waals surface area (Å²) in [5, 5.41) is 14.9. The van der Waals surface area contributed by atoms with Crippen molar-refractivity contribution in [1.29, 1.82) is 5.26 Å². The highest BCUT2D eigenvalue weighted by atomic mass is 16.1. The maximum atomic E-state index is 12.2. The van der Waals surface area contributed by atoms with Gasteiger partial charge < -0.3 is 10.6 Å². The molecule has 0 heterocycles. The van der Waals surface area contributed by atoms with Gasteiger partial charge in [0.15, 0.2) is 0 Å². The van der Waals surface area contributed by atoms with Crippen molar-refractivity contribution in [1.82, 2.24) is 5.32 Å². The van der Waals surface area contributed by atoms with E-state index in [1.165, 1.54) is 11.1 Å². The maximum Gasteiger partial charge on any atom is 0.239 e. The number of hydrogen-bond acceptors (Lipinski definition) is 3. The van der Waals surface area contributed by atoms with E-state index in [0.717, 1.165) is 12.1 Å². The van der Waals surface area contributed by atoms with Gasteiger partial charge in [0.25, 0.3) is 0 Å². The molecule has 4 heteroatoms. The molecule has 0 aliphatic heterocycles. The van der Waals surface area contributed by atoms with E-state index in [9.17, 15) is 4.79 Å². The van der Waals surface area contributed by atoms with Gasteiger partial charge in [-0.25, -0.2) is 0 Å². The Balaban J connectivity index is 1.52. The third-order valence-electron chi connectivity index (χ3n) is 4.63. The number of nitrogens with one attached hydrogen (secondary N) is 2. The summed E-state index contributed by atoms with van der Waals surface area (Å²) in [5.74, 6) is 0.193. The van der Waals surface area contributed by atoms with Gasteiger partial charge in [0, 0.05) is 18.2 Å². The lowest BCUT2D eigenvalue weighted by molar-refractivity contribution is -0.119. The van der Waals surface area contributed by atoms with Crippen LogP contribution in [-0.2, 0) is 4.79 Å². The summed E-state index contributed by atoms with van der Waals surface area (Å²) in [7, 11) is 0. The van der Waals surface area contributed by atoms with Crippen molar-refractivity contribution < 1.29 is 4.79 Å². The number of hydrogen-bond donors (Lipinski definition) is 2. The Morgan fingerprint density at radius 3 is 1.96 bits per heavy atom. The number of benzene rings is 3. The Bertz CT molecular complexity index is 876. The van der Waals surface area contributed by atoms with E-state index in [2.05, 4.69) is 41.0 Å². The zero-order valence-corrected chi connectivity index (χ0v) is 15.6. The Hall–Kier alpha value is -3.58. The fourth-order valence-corrected chi connectivity index (χ4v) is 3.16. The first-order chi connectivity index (χ1) is 13.8. The van der Waals surface area contributed by atoms with Crippen LogP contribution in [-0.4, -0.2) is 19.0 Å². The second-order valence-electron chi connectivity index (χ2n) is 6.56. The van der Waals surface area contributed by atoms with Crippen molar-refractivity contribution >= 4 is 11.6 Å². The SMILES string of the molecule is N#Cc1ccc(NCC(=O)NCCC(c2ccccc2)c2ccccc2)cc1. The average Bonchev–Trinajstić information content (AvgIpc) is 2.77. The van der Waals surface area contributed by atoms with Crippen molar-refractivity contribution in [3.05, 3.63) is 102 Å². The molecule has 0 radical (unpaired) electrons. The Kier molecular flexibility index (Phi) is 6.81. The van der Waals surface area contributed by atoms with Crippen LogP contribution in [0.25, 0.3) is 0 Å². The molecular formula is C24H23N3O. The number of carbonyl (C=O) groups excluding carboxylic acids is 1. The zero-order valence-electron chi connectivity index (χ0n) is 15.6. The molecule has 0 spiro atoms. The molecular weight excluding hydrogens is 346 g/mol. The maximum absolute atomic E-state index is 12.2. The molecule has 140 valence electrons. The normalized spacial score (nSPS) is 10.3. The number of nitrogens with zero attached hydrogens (tertiary/aromatic N) is 1. The van der Waals surface area contributed by atoms with E-state index >= 15 is 0 Å². The summed E-state index contributed by atoms with van der Waals surface area (Å²) in [5.41, 5.74) is 3.92. The topological polar surface area (TPSA) is 64.9 Å². The van der Waals surface area contributed by atoms with Crippen LogP contribution in [0.2, 0.25) is 0 Å². The van der Waals surface area contributed by atoms with Gasteiger partial charge in [0.1, 0.15) is 0 Å². The molecule has 2 N–H and O–H groups in total. The lowest BCUT2D eigenvalue weighted by Gasteiger charge is -2.18. The second-order valence-corrected chi connectivity index (χ2v) is 6.56. The Morgan fingerprint density at radius 2 is 1.43 bits per heavy atom. The van der Waals surface area contributed by atoms with E-state index in [4.69, 9.17) is 5.26 Å². The van der Waals surface area contributed by atoms with Crippen molar-refractivity contribution in [3.8, 4) is 6.07 Å². The second kappa shape index (κ2) is 9.94. The number of nitriles is 1. The van der Waals surface area contributed by atoms with Gasteiger partial charge in [-0.2, -0.15) is 5.26 Å². The van der Waals surface area contributed by atoms with Crippen molar-refractivity contribution in [3.63, 3.8) is 0 Å². The zero-order chi connectivity index (χ0) is 19.6. The lowest BCUT2D eigenvalue weighted by Crippen LogP contribution is -2.31. The smallest absolute Gasteiger partial charge is 0.239 e. The molecule has 0 saturated heterocycles. The molecule has 3 aromatic rings. The number of carbonyl (C=O) groups is 1. The van der Waals surface area contributed by atoms with E-state index in [-0.39, 0.29) is 18.4 Å². The average molecular weight is 369 g/mol. The summed E-state index contributed by atoms with van der Waals surface area (Å²) in [6.07, 6.45) is 0.830. The summed E-state index contributed by atoms with van der Waals surface area (Å²) < 4.78 is 0. The lowest BCUT2D eigenvalue weighted by atomic mass is 9.88. The molecule has 3 rings (SSSR count). The van der Waals surface area contributed by atoms with Crippen molar-refractivity contribution in [2.24, 2.45) is 0 Å². The van der Waals surface area contributed by atoms with Crippen molar-refractivity contribution in [2.45, 2.75) is 12.3 Å². The van der Waals surface area contributed by atoms with Crippen LogP contribution in [0.1, 0.15) is 29.0 Å². The molecule has 0 aliphatic carbocycles. The number of rotatable bonds is 8. The molecule has 0 saturated carbocycles.